The maximum absolute atomic E-state index is 12.4. The van der Waals surface area contributed by atoms with Gasteiger partial charge in [0.25, 0.3) is 0 Å². The molecule has 0 bridgehead atoms. The van der Waals surface area contributed by atoms with E-state index in [4.69, 9.17) is 0 Å². The molecule has 1 aromatic carbocycles. The lowest BCUT2D eigenvalue weighted by molar-refractivity contribution is 0.538. The second kappa shape index (κ2) is 5.84. The molecule has 0 aromatic heterocycles. The molecular weight excluding hydrogens is 394 g/mol. The molecule has 19 heavy (non-hydrogen) atoms. The van der Waals surface area contributed by atoms with Crippen LogP contribution < -0.4 is 4.72 Å². The number of aryl methyl sites for hydroxylation is 1. The highest BCUT2D eigenvalue weighted by molar-refractivity contribution is 9.11. The number of halogens is 2. The monoisotopic (exact) mass is 409 g/mol. The van der Waals surface area contributed by atoms with E-state index in [0.717, 1.165) is 29.3 Å². The van der Waals surface area contributed by atoms with E-state index >= 15 is 0 Å². The summed E-state index contributed by atoms with van der Waals surface area (Å²) in [6.07, 6.45) is 2.93. The van der Waals surface area contributed by atoms with E-state index < -0.39 is 10.0 Å². The molecule has 1 saturated carbocycles. The first-order valence-corrected chi connectivity index (χ1v) is 9.34. The molecule has 0 spiro atoms. The Bertz CT molecular complexity index is 587. The molecule has 1 N–H and O–H groups in total. The number of nitrogens with one attached hydrogen (secondary N) is 1. The van der Waals surface area contributed by atoms with Crippen LogP contribution in [-0.2, 0) is 10.0 Å². The van der Waals surface area contributed by atoms with E-state index in [1.54, 1.807) is 6.07 Å². The summed E-state index contributed by atoms with van der Waals surface area (Å²) in [7, 11) is -3.46. The van der Waals surface area contributed by atoms with Crippen molar-refractivity contribution < 1.29 is 8.42 Å². The number of sulfonamides is 1. The van der Waals surface area contributed by atoms with Crippen LogP contribution in [0.2, 0.25) is 0 Å². The van der Waals surface area contributed by atoms with Gasteiger partial charge in [0.05, 0.1) is 4.90 Å². The van der Waals surface area contributed by atoms with Gasteiger partial charge in [0.2, 0.25) is 10.0 Å². The normalized spacial score (nSPS) is 23.8. The van der Waals surface area contributed by atoms with Crippen LogP contribution in [0.25, 0.3) is 0 Å². The van der Waals surface area contributed by atoms with Gasteiger partial charge in [-0.2, -0.15) is 0 Å². The summed E-state index contributed by atoms with van der Waals surface area (Å²) in [6.45, 7) is 4.09. The van der Waals surface area contributed by atoms with E-state index in [-0.39, 0.29) is 6.04 Å². The highest BCUT2D eigenvalue weighted by Gasteiger charge is 2.27. The first-order chi connectivity index (χ1) is 8.79. The molecule has 2 rings (SSSR count). The SMILES string of the molecule is Cc1cc(Br)c(S(=O)(=O)NC2CCC(C)C2)cc1Br. The number of rotatable bonds is 3. The molecule has 1 aromatic rings. The number of hydrogen-bond acceptors (Lipinski definition) is 2. The van der Waals surface area contributed by atoms with Crippen LogP contribution in [0, 0.1) is 12.8 Å². The average molecular weight is 411 g/mol. The Kier molecular flexibility index (Phi) is 4.75. The summed E-state index contributed by atoms with van der Waals surface area (Å²) in [5.41, 5.74) is 1.00. The van der Waals surface area contributed by atoms with Gasteiger partial charge < -0.3 is 0 Å². The van der Waals surface area contributed by atoms with E-state index in [2.05, 4.69) is 43.5 Å². The Balaban J connectivity index is 2.27. The van der Waals surface area contributed by atoms with Crippen LogP contribution in [0.5, 0.6) is 0 Å². The molecule has 106 valence electrons. The summed E-state index contributed by atoms with van der Waals surface area (Å²) in [5, 5.41) is 0. The smallest absolute Gasteiger partial charge is 0.208 e. The van der Waals surface area contributed by atoms with Crippen LogP contribution >= 0.6 is 31.9 Å². The first-order valence-electron chi connectivity index (χ1n) is 6.27. The van der Waals surface area contributed by atoms with E-state index in [1.165, 1.54) is 0 Å². The summed E-state index contributed by atoms with van der Waals surface area (Å²) < 4.78 is 29.1. The third-order valence-electron chi connectivity index (χ3n) is 3.52. The van der Waals surface area contributed by atoms with Crippen LogP contribution in [-0.4, -0.2) is 14.5 Å². The zero-order chi connectivity index (χ0) is 14.2. The van der Waals surface area contributed by atoms with Gasteiger partial charge in [-0.3, -0.25) is 0 Å². The molecule has 0 radical (unpaired) electrons. The van der Waals surface area contributed by atoms with Crippen molar-refractivity contribution in [2.75, 3.05) is 0 Å². The zero-order valence-corrected chi connectivity index (χ0v) is 14.9. The predicted molar refractivity (Wildman–Crippen MR) is 83.7 cm³/mol. The summed E-state index contributed by atoms with van der Waals surface area (Å²) in [6, 6.07) is 3.53. The van der Waals surface area contributed by atoms with Crippen molar-refractivity contribution in [2.45, 2.75) is 44.0 Å². The third-order valence-corrected chi connectivity index (χ3v) is 6.85. The molecule has 2 atom stereocenters. The van der Waals surface area contributed by atoms with Crippen LogP contribution in [0.1, 0.15) is 31.7 Å². The van der Waals surface area contributed by atoms with Gasteiger partial charge in [-0.05, 0) is 65.7 Å². The quantitative estimate of drug-likeness (QED) is 0.818. The van der Waals surface area contributed by atoms with Crippen molar-refractivity contribution in [1.82, 2.24) is 4.72 Å². The maximum Gasteiger partial charge on any atom is 0.241 e. The highest BCUT2D eigenvalue weighted by Crippen LogP contribution is 2.31. The van der Waals surface area contributed by atoms with E-state index in [1.807, 2.05) is 13.0 Å². The molecule has 3 nitrogen and oxygen atoms in total. The van der Waals surface area contributed by atoms with Gasteiger partial charge in [-0.25, -0.2) is 13.1 Å². The minimum Gasteiger partial charge on any atom is -0.208 e. The minimum absolute atomic E-state index is 0.0620. The topological polar surface area (TPSA) is 46.2 Å². The molecule has 1 aliphatic carbocycles. The lowest BCUT2D eigenvalue weighted by Gasteiger charge is -2.15. The average Bonchev–Trinajstić information content (AvgIpc) is 2.68. The summed E-state index contributed by atoms with van der Waals surface area (Å²) >= 11 is 6.72. The molecule has 0 heterocycles. The van der Waals surface area contributed by atoms with Crippen LogP contribution in [0.15, 0.2) is 26.0 Å². The summed E-state index contributed by atoms with van der Waals surface area (Å²) in [5.74, 6) is 0.598. The third kappa shape index (κ3) is 3.60. The Morgan fingerprint density at radius 1 is 1.21 bits per heavy atom. The maximum atomic E-state index is 12.4. The van der Waals surface area contributed by atoms with Gasteiger partial charge in [-0.1, -0.05) is 22.9 Å². The fraction of sp³-hybridized carbons (Fsp3) is 0.538. The van der Waals surface area contributed by atoms with Crippen molar-refractivity contribution in [3.63, 3.8) is 0 Å². The first kappa shape index (κ1) is 15.5. The lowest BCUT2D eigenvalue weighted by atomic mass is 10.1. The Labute approximate surface area is 131 Å². The Hall–Kier alpha value is 0.0900. The van der Waals surface area contributed by atoms with Crippen LogP contribution in [0.4, 0.5) is 0 Å². The number of hydrogen-bond donors (Lipinski definition) is 1. The standard InChI is InChI=1S/C13H17Br2NO2S/c1-8-3-4-10(5-8)16-19(17,18)13-7-11(14)9(2)6-12(13)15/h6-8,10,16H,3-5H2,1-2H3. The van der Waals surface area contributed by atoms with Gasteiger partial charge in [-0.15, -0.1) is 0 Å². The van der Waals surface area contributed by atoms with Crippen LogP contribution in [0.3, 0.4) is 0 Å². The molecule has 6 heteroatoms. The molecule has 0 amide bonds. The predicted octanol–water partition coefficient (Wildman–Crippen LogP) is 3.99. The fourth-order valence-electron chi connectivity index (χ4n) is 2.43. The van der Waals surface area contributed by atoms with Gasteiger partial charge >= 0.3 is 0 Å². The van der Waals surface area contributed by atoms with Crippen molar-refractivity contribution >= 4 is 41.9 Å². The molecule has 0 saturated heterocycles. The molecular formula is C13H17Br2NO2S. The zero-order valence-electron chi connectivity index (χ0n) is 10.9. The van der Waals surface area contributed by atoms with Gasteiger partial charge in [0, 0.05) is 15.0 Å². The highest BCUT2D eigenvalue weighted by atomic mass is 79.9. The molecule has 1 fully saturated rings. The van der Waals surface area contributed by atoms with Gasteiger partial charge in [0.1, 0.15) is 0 Å². The van der Waals surface area contributed by atoms with Gasteiger partial charge in [0.15, 0.2) is 0 Å². The Morgan fingerprint density at radius 2 is 1.89 bits per heavy atom. The molecule has 0 aliphatic heterocycles. The second-order valence-electron chi connectivity index (χ2n) is 5.27. The van der Waals surface area contributed by atoms with Crippen molar-refractivity contribution in [3.8, 4) is 0 Å². The van der Waals surface area contributed by atoms with E-state index in [0.29, 0.717) is 15.3 Å². The largest absolute Gasteiger partial charge is 0.241 e. The van der Waals surface area contributed by atoms with Crippen molar-refractivity contribution in [1.29, 1.82) is 0 Å². The lowest BCUT2D eigenvalue weighted by Crippen LogP contribution is -2.33. The summed E-state index contributed by atoms with van der Waals surface area (Å²) in [4.78, 5) is 0.296. The van der Waals surface area contributed by atoms with Crippen molar-refractivity contribution in [2.24, 2.45) is 5.92 Å². The van der Waals surface area contributed by atoms with Crippen molar-refractivity contribution in [3.05, 3.63) is 26.6 Å². The fourth-order valence-corrected chi connectivity index (χ4v) is 5.39. The molecule has 1 aliphatic rings. The number of benzene rings is 1. The second-order valence-corrected chi connectivity index (χ2v) is 8.66. The molecule has 2 unspecified atom stereocenters. The van der Waals surface area contributed by atoms with E-state index in [9.17, 15) is 8.42 Å². The Morgan fingerprint density at radius 3 is 2.47 bits per heavy atom. The minimum atomic E-state index is -3.46.